The van der Waals surface area contributed by atoms with Crippen LogP contribution in [0.4, 0.5) is 5.69 Å². The van der Waals surface area contributed by atoms with Gasteiger partial charge in [0.1, 0.15) is 11.8 Å². The molecule has 5 nitrogen and oxygen atoms in total. The van der Waals surface area contributed by atoms with E-state index in [1.54, 1.807) is 24.2 Å². The van der Waals surface area contributed by atoms with Crippen LogP contribution in [-0.4, -0.2) is 31.3 Å². The summed E-state index contributed by atoms with van der Waals surface area (Å²) in [5.41, 5.74) is 1.49. The molecule has 0 saturated heterocycles. The van der Waals surface area contributed by atoms with E-state index in [0.29, 0.717) is 27.0 Å². The van der Waals surface area contributed by atoms with Gasteiger partial charge in [-0.3, -0.25) is 4.79 Å². The maximum atomic E-state index is 11.1. The lowest BCUT2D eigenvalue weighted by molar-refractivity contribution is -0.131. The van der Waals surface area contributed by atoms with Crippen LogP contribution in [0.2, 0.25) is 0 Å². The number of aliphatic imine (C=N–C) groups is 1. The van der Waals surface area contributed by atoms with E-state index in [1.165, 1.54) is 6.92 Å². The third-order valence-corrected chi connectivity index (χ3v) is 2.83. The average molecular weight is 324 g/mol. The van der Waals surface area contributed by atoms with Gasteiger partial charge in [-0.05, 0) is 28.9 Å². The zero-order chi connectivity index (χ0) is 14.6. The second-order valence-electron chi connectivity index (χ2n) is 4.12. The number of halogens is 1. The molecular weight excluding hydrogens is 310 g/mol. The Bertz CT molecular complexity index is 574. The normalized spacial score (nSPS) is 10.3. The summed E-state index contributed by atoms with van der Waals surface area (Å²) in [7, 11) is 3.68. The van der Waals surface area contributed by atoms with Crippen molar-refractivity contribution in [2.24, 2.45) is 4.99 Å². The highest BCUT2D eigenvalue weighted by molar-refractivity contribution is 9.10. The van der Waals surface area contributed by atoms with E-state index in [-0.39, 0.29) is 0 Å². The van der Waals surface area contributed by atoms with Crippen molar-refractivity contribution >= 4 is 33.9 Å². The molecule has 0 radical (unpaired) electrons. The molecule has 1 aromatic rings. The zero-order valence-electron chi connectivity index (χ0n) is 11.2. The number of carbonyl (C=O) groups is 1. The van der Waals surface area contributed by atoms with Gasteiger partial charge in [-0.15, -0.1) is 0 Å². The summed E-state index contributed by atoms with van der Waals surface area (Å²) < 4.78 is 5.69. The van der Waals surface area contributed by atoms with E-state index in [4.69, 9.17) is 4.74 Å². The first-order chi connectivity index (χ1) is 8.86. The number of carbonyl (C=O) groups excluding carboxylic acids is 1. The van der Waals surface area contributed by atoms with Crippen molar-refractivity contribution < 1.29 is 9.53 Å². The summed E-state index contributed by atoms with van der Waals surface area (Å²) >= 11 is 3.32. The Labute approximate surface area is 120 Å². The molecule has 0 fully saturated rings. The molecule has 0 N–H and O–H groups in total. The Balaban J connectivity index is 3.38. The van der Waals surface area contributed by atoms with Crippen molar-refractivity contribution in [2.75, 3.05) is 14.1 Å². The van der Waals surface area contributed by atoms with Crippen LogP contribution in [-0.2, 0) is 4.79 Å². The molecule has 0 amide bonds. The minimum atomic E-state index is -0.433. The van der Waals surface area contributed by atoms with Crippen LogP contribution in [0.1, 0.15) is 18.1 Å². The van der Waals surface area contributed by atoms with Gasteiger partial charge in [0.05, 0.1) is 22.1 Å². The molecule has 19 heavy (non-hydrogen) atoms. The monoisotopic (exact) mass is 323 g/mol. The van der Waals surface area contributed by atoms with E-state index in [9.17, 15) is 10.1 Å². The van der Waals surface area contributed by atoms with E-state index < -0.39 is 5.97 Å². The van der Waals surface area contributed by atoms with Gasteiger partial charge < -0.3 is 9.64 Å². The van der Waals surface area contributed by atoms with Gasteiger partial charge in [0.15, 0.2) is 0 Å². The van der Waals surface area contributed by atoms with Gasteiger partial charge in [0.2, 0.25) is 0 Å². The molecule has 0 aliphatic rings. The summed E-state index contributed by atoms with van der Waals surface area (Å²) in [5, 5.41) is 9.22. The van der Waals surface area contributed by atoms with Crippen molar-refractivity contribution in [1.29, 1.82) is 5.26 Å². The molecule has 1 rings (SSSR count). The third kappa shape index (κ3) is 3.80. The van der Waals surface area contributed by atoms with Crippen molar-refractivity contribution in [1.82, 2.24) is 4.90 Å². The Hall–Kier alpha value is -1.87. The van der Waals surface area contributed by atoms with Crippen LogP contribution in [0.15, 0.2) is 15.5 Å². The van der Waals surface area contributed by atoms with Gasteiger partial charge in [0.25, 0.3) is 0 Å². The van der Waals surface area contributed by atoms with Crippen molar-refractivity contribution in [3.05, 3.63) is 21.7 Å². The first kappa shape index (κ1) is 15.2. The molecule has 6 heteroatoms. The second kappa shape index (κ2) is 6.34. The minimum absolute atomic E-state index is 0.354. The molecular formula is C13H14BrN3O2. The first-order valence-electron chi connectivity index (χ1n) is 5.49. The Kier molecular flexibility index (Phi) is 5.07. The predicted molar refractivity (Wildman–Crippen MR) is 76.7 cm³/mol. The number of nitriles is 1. The molecule has 0 spiro atoms. The van der Waals surface area contributed by atoms with Crippen LogP contribution < -0.4 is 4.74 Å². The maximum Gasteiger partial charge on any atom is 0.308 e. The number of benzene rings is 1. The number of hydrogen-bond donors (Lipinski definition) is 0. The fourth-order valence-corrected chi connectivity index (χ4v) is 2.03. The number of ether oxygens (including phenoxy) is 1. The molecule has 0 aromatic heterocycles. The quantitative estimate of drug-likeness (QED) is 0.371. The highest BCUT2D eigenvalue weighted by atomic mass is 79.9. The largest absolute Gasteiger partial charge is 0.425 e. The van der Waals surface area contributed by atoms with Crippen LogP contribution in [0.25, 0.3) is 0 Å². The van der Waals surface area contributed by atoms with Gasteiger partial charge >= 0.3 is 5.97 Å². The average Bonchev–Trinajstić information content (AvgIpc) is 2.31. The summed E-state index contributed by atoms with van der Waals surface area (Å²) in [4.78, 5) is 17.0. The van der Waals surface area contributed by atoms with Gasteiger partial charge in [-0.1, -0.05) is 0 Å². The van der Waals surface area contributed by atoms with E-state index in [1.807, 2.05) is 14.1 Å². The van der Waals surface area contributed by atoms with E-state index in [0.717, 1.165) is 0 Å². The minimum Gasteiger partial charge on any atom is -0.425 e. The molecule has 100 valence electrons. The van der Waals surface area contributed by atoms with Gasteiger partial charge in [-0.2, -0.15) is 5.26 Å². The summed E-state index contributed by atoms with van der Waals surface area (Å²) in [5.74, 6) is -0.0786. The highest BCUT2D eigenvalue weighted by Crippen LogP contribution is 2.37. The smallest absolute Gasteiger partial charge is 0.308 e. The molecule has 0 atom stereocenters. The number of esters is 1. The fourth-order valence-electron chi connectivity index (χ4n) is 1.43. The molecule has 0 saturated carbocycles. The third-order valence-electron chi connectivity index (χ3n) is 2.24. The number of hydrogen-bond acceptors (Lipinski definition) is 4. The van der Waals surface area contributed by atoms with E-state index in [2.05, 4.69) is 27.0 Å². The highest BCUT2D eigenvalue weighted by Gasteiger charge is 2.16. The van der Waals surface area contributed by atoms with Crippen LogP contribution >= 0.6 is 15.9 Å². The van der Waals surface area contributed by atoms with E-state index >= 15 is 0 Å². The standard InChI is InChI=1S/C13H14BrN3O2/c1-8-10(6-15)12(16-7-17(3)4)5-11(14)13(8)19-9(2)18/h5,7H,1-4H3/b16-7+. The lowest BCUT2D eigenvalue weighted by Crippen LogP contribution is -2.07. The number of nitrogens with zero attached hydrogens (tertiary/aromatic N) is 3. The molecule has 0 heterocycles. The molecule has 0 aliphatic carbocycles. The summed E-state index contributed by atoms with van der Waals surface area (Å²) in [6.45, 7) is 3.03. The second-order valence-corrected chi connectivity index (χ2v) is 4.97. The molecule has 0 aliphatic heterocycles. The summed E-state index contributed by atoms with van der Waals surface area (Å²) in [6.07, 6.45) is 1.60. The zero-order valence-corrected chi connectivity index (χ0v) is 12.8. The molecule has 1 aromatic carbocycles. The lowest BCUT2D eigenvalue weighted by atomic mass is 10.1. The Morgan fingerprint density at radius 2 is 2.21 bits per heavy atom. The van der Waals surface area contributed by atoms with Crippen LogP contribution in [0.3, 0.4) is 0 Å². The van der Waals surface area contributed by atoms with Crippen LogP contribution in [0.5, 0.6) is 5.75 Å². The lowest BCUT2D eigenvalue weighted by Gasteiger charge is -2.12. The maximum absolute atomic E-state index is 11.1. The van der Waals surface area contributed by atoms with Crippen molar-refractivity contribution in [2.45, 2.75) is 13.8 Å². The first-order valence-corrected chi connectivity index (χ1v) is 6.28. The van der Waals surface area contributed by atoms with Crippen molar-refractivity contribution in [3.8, 4) is 11.8 Å². The SMILES string of the molecule is CC(=O)Oc1c(Br)cc(/N=C/N(C)C)c(C#N)c1C. The topological polar surface area (TPSA) is 65.7 Å². The number of rotatable bonds is 3. The predicted octanol–water partition coefficient (Wildman–Crippen LogP) is 2.78. The van der Waals surface area contributed by atoms with Crippen molar-refractivity contribution in [3.63, 3.8) is 0 Å². The van der Waals surface area contributed by atoms with Crippen LogP contribution in [0, 0.1) is 18.3 Å². The fraction of sp³-hybridized carbons (Fsp3) is 0.308. The Morgan fingerprint density at radius 3 is 2.68 bits per heavy atom. The van der Waals surface area contributed by atoms with Gasteiger partial charge in [0, 0.05) is 26.6 Å². The molecule has 0 bridgehead atoms. The summed E-state index contributed by atoms with van der Waals surface area (Å²) in [6, 6.07) is 3.74. The van der Waals surface area contributed by atoms with Gasteiger partial charge in [-0.25, -0.2) is 4.99 Å². The Morgan fingerprint density at radius 1 is 1.58 bits per heavy atom. The molecule has 0 unspecified atom stereocenters.